The van der Waals surface area contributed by atoms with E-state index in [1.807, 2.05) is 0 Å². The Bertz CT molecular complexity index is 820. The van der Waals surface area contributed by atoms with Crippen molar-refractivity contribution < 1.29 is 27.2 Å². The van der Waals surface area contributed by atoms with Gasteiger partial charge in [0.25, 0.3) is 5.78 Å². The second-order valence-electron chi connectivity index (χ2n) is 5.57. The summed E-state index contributed by atoms with van der Waals surface area (Å²) in [6.45, 7) is 0. The summed E-state index contributed by atoms with van der Waals surface area (Å²) in [5.74, 6) is -3.36. The van der Waals surface area contributed by atoms with Crippen molar-refractivity contribution in [1.82, 2.24) is 5.32 Å². The summed E-state index contributed by atoms with van der Waals surface area (Å²) in [7, 11) is 0. The third-order valence-corrected chi connectivity index (χ3v) is 3.54. The number of benzene rings is 2. The number of carbonyl (C=O) groups excluding carboxylic acids is 2. The van der Waals surface area contributed by atoms with Gasteiger partial charge in [-0.1, -0.05) is 42.5 Å². The minimum Gasteiger partial charge on any atom is -0.379 e. The Morgan fingerprint density at radius 1 is 1.00 bits per heavy atom. The lowest BCUT2D eigenvalue weighted by atomic mass is 10.1. The molecular formula is C19H16F4N2O2. The van der Waals surface area contributed by atoms with Crippen LogP contribution in [0.15, 0.2) is 66.9 Å². The van der Waals surface area contributed by atoms with Crippen LogP contribution >= 0.6 is 0 Å². The molecule has 1 amide bonds. The first-order chi connectivity index (χ1) is 12.8. The number of hydrogen-bond donors (Lipinski definition) is 2. The topological polar surface area (TPSA) is 58.2 Å². The maximum Gasteiger partial charge on any atom is 0.454 e. The predicted octanol–water partition coefficient (Wildman–Crippen LogP) is 3.61. The maximum absolute atomic E-state index is 13.7. The van der Waals surface area contributed by atoms with Gasteiger partial charge >= 0.3 is 6.18 Å². The van der Waals surface area contributed by atoms with E-state index in [0.717, 1.165) is 17.8 Å². The van der Waals surface area contributed by atoms with Crippen LogP contribution in [0.4, 0.5) is 23.2 Å². The Morgan fingerprint density at radius 2 is 1.63 bits per heavy atom. The fourth-order valence-corrected chi connectivity index (χ4v) is 2.19. The second-order valence-corrected chi connectivity index (χ2v) is 5.57. The molecule has 0 radical (unpaired) electrons. The summed E-state index contributed by atoms with van der Waals surface area (Å²) in [6.07, 6.45) is -3.81. The van der Waals surface area contributed by atoms with E-state index in [4.69, 9.17) is 0 Å². The number of nitrogens with one attached hydrogen (secondary N) is 2. The highest BCUT2D eigenvalue weighted by molar-refractivity contribution is 5.96. The van der Waals surface area contributed by atoms with Gasteiger partial charge in [0.15, 0.2) is 0 Å². The molecule has 0 aliphatic rings. The summed E-state index contributed by atoms with van der Waals surface area (Å²) in [5.41, 5.74) is 0.673. The van der Waals surface area contributed by atoms with Gasteiger partial charge in [-0.25, -0.2) is 4.39 Å². The molecule has 2 aromatic rings. The van der Waals surface area contributed by atoms with Gasteiger partial charge in [-0.05, 0) is 17.7 Å². The van der Waals surface area contributed by atoms with Crippen LogP contribution in [0.2, 0.25) is 0 Å². The first-order valence-electron chi connectivity index (χ1n) is 7.90. The van der Waals surface area contributed by atoms with Gasteiger partial charge in [-0.15, -0.1) is 0 Å². The van der Waals surface area contributed by atoms with E-state index in [0.29, 0.717) is 6.08 Å². The molecule has 0 aliphatic carbocycles. The maximum atomic E-state index is 13.7. The monoisotopic (exact) mass is 380 g/mol. The Kier molecular flexibility index (Phi) is 6.70. The molecule has 0 aromatic heterocycles. The number of para-hydroxylation sites is 1. The van der Waals surface area contributed by atoms with Crippen LogP contribution in [-0.4, -0.2) is 23.9 Å². The summed E-state index contributed by atoms with van der Waals surface area (Å²) in [5, 5.41) is 4.86. The van der Waals surface area contributed by atoms with Crippen molar-refractivity contribution in [3.8, 4) is 0 Å². The zero-order valence-corrected chi connectivity index (χ0v) is 14.0. The van der Waals surface area contributed by atoms with Crippen LogP contribution < -0.4 is 10.6 Å². The van der Waals surface area contributed by atoms with Gasteiger partial charge in [-0.2, -0.15) is 13.2 Å². The third-order valence-electron chi connectivity index (χ3n) is 3.54. The van der Waals surface area contributed by atoms with E-state index in [9.17, 15) is 27.2 Å². The van der Waals surface area contributed by atoms with Crippen molar-refractivity contribution >= 4 is 17.4 Å². The number of carbonyl (C=O) groups is 2. The van der Waals surface area contributed by atoms with Gasteiger partial charge in [0.2, 0.25) is 5.91 Å². The molecule has 4 nitrogen and oxygen atoms in total. The molecule has 0 fully saturated rings. The van der Waals surface area contributed by atoms with E-state index < -0.39 is 29.7 Å². The fourth-order valence-electron chi connectivity index (χ4n) is 2.19. The minimum atomic E-state index is -5.00. The Balaban J connectivity index is 2.13. The Hall–Kier alpha value is -3.16. The Morgan fingerprint density at radius 3 is 2.26 bits per heavy atom. The molecule has 142 valence electrons. The number of rotatable bonds is 7. The second kappa shape index (κ2) is 8.98. The van der Waals surface area contributed by atoms with Crippen molar-refractivity contribution in [2.24, 2.45) is 0 Å². The Labute approximate surface area is 152 Å². The molecule has 0 saturated carbocycles. The average molecular weight is 380 g/mol. The number of amides is 1. The molecule has 27 heavy (non-hydrogen) atoms. The van der Waals surface area contributed by atoms with Crippen LogP contribution in [0.1, 0.15) is 5.56 Å². The minimum absolute atomic E-state index is 0.0577. The number of allylic oxidation sites excluding steroid dienone is 1. The lowest BCUT2D eigenvalue weighted by Gasteiger charge is -2.18. The SMILES string of the molecule is O=C(Nc1ccccc1F)C(Cc1ccccc1)N/C=C/C(=O)C(F)(F)F. The molecule has 2 N–H and O–H groups in total. The van der Waals surface area contributed by atoms with Crippen molar-refractivity contribution in [3.63, 3.8) is 0 Å². The molecule has 8 heteroatoms. The number of alkyl halides is 3. The van der Waals surface area contributed by atoms with Gasteiger partial charge in [0, 0.05) is 18.7 Å². The van der Waals surface area contributed by atoms with Gasteiger partial charge in [-0.3, -0.25) is 9.59 Å². The summed E-state index contributed by atoms with van der Waals surface area (Å²) < 4.78 is 50.5. The quantitative estimate of drug-likeness (QED) is 0.570. The number of hydrogen-bond acceptors (Lipinski definition) is 3. The molecule has 2 rings (SSSR count). The zero-order chi connectivity index (χ0) is 19.9. The first-order valence-corrected chi connectivity index (χ1v) is 7.90. The number of ketones is 1. The van der Waals surface area contributed by atoms with E-state index >= 15 is 0 Å². The smallest absolute Gasteiger partial charge is 0.379 e. The van der Waals surface area contributed by atoms with Crippen molar-refractivity contribution in [3.05, 3.63) is 78.3 Å². The lowest BCUT2D eigenvalue weighted by molar-refractivity contribution is -0.165. The molecule has 0 heterocycles. The average Bonchev–Trinajstić information content (AvgIpc) is 2.62. The van der Waals surface area contributed by atoms with Crippen LogP contribution in [0.3, 0.4) is 0 Å². The molecule has 0 spiro atoms. The molecule has 1 atom stereocenters. The first kappa shape index (κ1) is 20.2. The third kappa shape index (κ3) is 6.25. The number of anilines is 1. The normalized spacial score (nSPS) is 12.6. The van der Waals surface area contributed by atoms with E-state index in [1.165, 1.54) is 18.2 Å². The summed E-state index contributed by atoms with van der Waals surface area (Å²) in [4.78, 5) is 23.4. The van der Waals surface area contributed by atoms with Crippen molar-refractivity contribution in [1.29, 1.82) is 0 Å². The molecule has 0 aliphatic heterocycles. The fraction of sp³-hybridized carbons (Fsp3) is 0.158. The highest BCUT2D eigenvalue weighted by Gasteiger charge is 2.36. The largest absolute Gasteiger partial charge is 0.454 e. The van der Waals surface area contributed by atoms with Crippen molar-refractivity contribution in [2.45, 2.75) is 18.6 Å². The van der Waals surface area contributed by atoms with Crippen molar-refractivity contribution in [2.75, 3.05) is 5.32 Å². The van der Waals surface area contributed by atoms with Gasteiger partial charge in [0.05, 0.1) is 5.69 Å². The van der Waals surface area contributed by atoms with Crippen LogP contribution in [0.25, 0.3) is 0 Å². The lowest BCUT2D eigenvalue weighted by Crippen LogP contribution is -2.40. The standard InChI is InChI=1S/C19H16F4N2O2/c20-14-8-4-5-9-15(14)25-18(27)16(12-13-6-2-1-3-7-13)24-11-10-17(26)19(21,22)23/h1-11,16,24H,12H2,(H,25,27)/b11-10+. The zero-order valence-electron chi connectivity index (χ0n) is 14.0. The molecule has 0 bridgehead atoms. The van der Waals surface area contributed by atoms with E-state index in [2.05, 4.69) is 10.6 Å². The summed E-state index contributed by atoms with van der Waals surface area (Å²) in [6, 6.07) is 13.2. The highest BCUT2D eigenvalue weighted by Crippen LogP contribution is 2.16. The highest BCUT2D eigenvalue weighted by atomic mass is 19.4. The van der Waals surface area contributed by atoms with Crippen LogP contribution in [0.5, 0.6) is 0 Å². The number of halogens is 4. The van der Waals surface area contributed by atoms with E-state index in [-0.39, 0.29) is 12.1 Å². The molecule has 2 aromatic carbocycles. The molecule has 1 unspecified atom stereocenters. The predicted molar refractivity (Wildman–Crippen MR) is 92.3 cm³/mol. The van der Waals surface area contributed by atoms with Gasteiger partial charge < -0.3 is 10.6 Å². The van der Waals surface area contributed by atoms with Crippen LogP contribution in [-0.2, 0) is 16.0 Å². The van der Waals surface area contributed by atoms with Crippen LogP contribution in [0, 0.1) is 5.82 Å². The molecule has 0 saturated heterocycles. The summed E-state index contributed by atoms with van der Waals surface area (Å²) >= 11 is 0. The van der Waals surface area contributed by atoms with E-state index in [1.54, 1.807) is 30.3 Å². The van der Waals surface area contributed by atoms with Gasteiger partial charge in [0.1, 0.15) is 11.9 Å². The molecular weight excluding hydrogens is 364 g/mol.